The lowest BCUT2D eigenvalue weighted by Gasteiger charge is -2.15. The molecule has 82 valence electrons. The maximum atomic E-state index is 10.9. The summed E-state index contributed by atoms with van der Waals surface area (Å²) in [7, 11) is 1.60. The third-order valence-electron chi connectivity index (χ3n) is 2.58. The van der Waals surface area contributed by atoms with Crippen LogP contribution in [0.1, 0.15) is 30.9 Å². The average Bonchev–Trinajstić information content (AvgIpc) is 2.26. The van der Waals surface area contributed by atoms with Crippen LogP contribution >= 0.6 is 0 Å². The minimum atomic E-state index is -0.807. The highest BCUT2D eigenvalue weighted by atomic mass is 16.5. The van der Waals surface area contributed by atoms with Gasteiger partial charge in [-0.25, -0.2) is 0 Å². The number of hydrogen-bond donors (Lipinski definition) is 1. The molecule has 0 saturated carbocycles. The molecule has 0 aliphatic rings. The molecule has 1 rings (SSSR count). The van der Waals surface area contributed by atoms with Crippen LogP contribution in [0.3, 0.4) is 0 Å². The first kappa shape index (κ1) is 11.6. The molecule has 1 unspecified atom stereocenters. The molecule has 0 fully saturated rings. The van der Waals surface area contributed by atoms with Crippen LogP contribution in [0.4, 0.5) is 0 Å². The Morgan fingerprint density at radius 2 is 2.20 bits per heavy atom. The Hall–Kier alpha value is -1.51. The molecule has 1 aromatic carbocycles. The molecule has 3 heteroatoms. The zero-order chi connectivity index (χ0) is 11.4. The topological polar surface area (TPSA) is 46.5 Å². The first-order chi connectivity index (χ1) is 7.11. The van der Waals surface area contributed by atoms with Crippen LogP contribution in [-0.4, -0.2) is 18.2 Å². The van der Waals surface area contributed by atoms with Crippen molar-refractivity contribution in [2.45, 2.75) is 26.2 Å². The average molecular weight is 208 g/mol. The lowest BCUT2D eigenvalue weighted by molar-refractivity contribution is -0.138. The summed E-state index contributed by atoms with van der Waals surface area (Å²) in [5, 5.41) is 8.98. The molecule has 0 saturated heterocycles. The first-order valence-corrected chi connectivity index (χ1v) is 5.00. The zero-order valence-corrected chi connectivity index (χ0v) is 9.28. The van der Waals surface area contributed by atoms with Gasteiger partial charge in [0.25, 0.3) is 0 Å². The summed E-state index contributed by atoms with van der Waals surface area (Å²) in [6, 6.07) is 5.53. The number of hydrogen-bond acceptors (Lipinski definition) is 2. The lowest BCUT2D eigenvalue weighted by Crippen LogP contribution is -2.10. The SMILES string of the molecule is CCc1c(OC)cccc1C(C)C(=O)O. The van der Waals surface area contributed by atoms with Crippen LogP contribution in [0.15, 0.2) is 18.2 Å². The van der Waals surface area contributed by atoms with Gasteiger partial charge in [-0.3, -0.25) is 4.79 Å². The second kappa shape index (κ2) is 4.82. The number of carboxylic acids is 1. The fourth-order valence-electron chi connectivity index (χ4n) is 1.69. The molecule has 0 heterocycles. The predicted molar refractivity (Wildman–Crippen MR) is 58.4 cm³/mol. The monoisotopic (exact) mass is 208 g/mol. The molecule has 0 radical (unpaired) electrons. The van der Waals surface area contributed by atoms with Crippen molar-refractivity contribution < 1.29 is 14.6 Å². The third-order valence-corrected chi connectivity index (χ3v) is 2.58. The van der Waals surface area contributed by atoms with Crippen molar-refractivity contribution in [2.24, 2.45) is 0 Å². The van der Waals surface area contributed by atoms with Gasteiger partial charge in [0.05, 0.1) is 13.0 Å². The van der Waals surface area contributed by atoms with Gasteiger partial charge in [0, 0.05) is 0 Å². The summed E-state index contributed by atoms with van der Waals surface area (Å²) in [5.74, 6) is -0.531. The van der Waals surface area contributed by atoms with Crippen molar-refractivity contribution in [3.05, 3.63) is 29.3 Å². The highest BCUT2D eigenvalue weighted by Crippen LogP contribution is 2.28. The van der Waals surface area contributed by atoms with E-state index < -0.39 is 11.9 Å². The second-order valence-electron chi connectivity index (χ2n) is 3.44. The van der Waals surface area contributed by atoms with E-state index in [9.17, 15) is 4.79 Å². The van der Waals surface area contributed by atoms with Gasteiger partial charge in [0.15, 0.2) is 0 Å². The van der Waals surface area contributed by atoms with Gasteiger partial charge >= 0.3 is 5.97 Å². The van der Waals surface area contributed by atoms with Gasteiger partial charge in [0.2, 0.25) is 0 Å². The standard InChI is InChI=1S/C12H16O3/c1-4-9-10(8(2)12(13)14)6-5-7-11(9)15-3/h5-8H,4H2,1-3H3,(H,13,14). The molecule has 0 aliphatic heterocycles. The Morgan fingerprint density at radius 3 is 2.67 bits per heavy atom. The summed E-state index contributed by atoms with van der Waals surface area (Å²) >= 11 is 0. The summed E-state index contributed by atoms with van der Waals surface area (Å²) in [6.45, 7) is 3.69. The maximum absolute atomic E-state index is 10.9. The highest BCUT2D eigenvalue weighted by Gasteiger charge is 2.18. The van der Waals surface area contributed by atoms with Crippen molar-refractivity contribution in [3.8, 4) is 5.75 Å². The number of carboxylic acid groups (broad SMARTS) is 1. The van der Waals surface area contributed by atoms with E-state index >= 15 is 0 Å². The van der Waals surface area contributed by atoms with Crippen LogP contribution < -0.4 is 4.74 Å². The second-order valence-corrected chi connectivity index (χ2v) is 3.44. The fourth-order valence-corrected chi connectivity index (χ4v) is 1.69. The molecule has 0 aliphatic carbocycles. The van der Waals surface area contributed by atoms with Gasteiger partial charge in [-0.05, 0) is 30.5 Å². The molecule has 1 atom stereocenters. The molecule has 3 nitrogen and oxygen atoms in total. The third kappa shape index (κ3) is 2.29. The molecule has 0 aromatic heterocycles. The normalized spacial score (nSPS) is 12.2. The number of ether oxygens (including phenoxy) is 1. The van der Waals surface area contributed by atoms with Gasteiger partial charge in [-0.1, -0.05) is 19.1 Å². The van der Waals surface area contributed by atoms with E-state index in [1.165, 1.54) is 0 Å². The van der Waals surface area contributed by atoms with E-state index in [0.29, 0.717) is 0 Å². The highest BCUT2D eigenvalue weighted by molar-refractivity contribution is 5.76. The van der Waals surface area contributed by atoms with Gasteiger partial charge < -0.3 is 9.84 Å². The Balaban J connectivity index is 3.22. The number of rotatable bonds is 4. The number of carbonyl (C=O) groups is 1. The van der Waals surface area contributed by atoms with Crippen LogP contribution in [0.25, 0.3) is 0 Å². The van der Waals surface area contributed by atoms with Gasteiger partial charge in [0.1, 0.15) is 5.75 Å². The molecular formula is C12H16O3. The quantitative estimate of drug-likeness (QED) is 0.826. The molecule has 0 spiro atoms. The van der Waals surface area contributed by atoms with E-state index in [1.54, 1.807) is 14.0 Å². The zero-order valence-electron chi connectivity index (χ0n) is 9.28. The Labute approximate surface area is 89.7 Å². The van der Waals surface area contributed by atoms with Crippen LogP contribution in [0.2, 0.25) is 0 Å². The lowest BCUT2D eigenvalue weighted by atomic mass is 9.94. The summed E-state index contributed by atoms with van der Waals surface area (Å²) in [6.07, 6.45) is 0.775. The van der Waals surface area contributed by atoms with E-state index in [1.807, 2.05) is 25.1 Å². The Bertz CT molecular complexity index is 358. The van der Waals surface area contributed by atoms with Crippen molar-refractivity contribution in [2.75, 3.05) is 7.11 Å². The van der Waals surface area contributed by atoms with E-state index in [-0.39, 0.29) is 0 Å². The van der Waals surface area contributed by atoms with Gasteiger partial charge in [-0.15, -0.1) is 0 Å². The van der Waals surface area contributed by atoms with Crippen molar-refractivity contribution in [3.63, 3.8) is 0 Å². The number of methoxy groups -OCH3 is 1. The van der Waals surface area contributed by atoms with Crippen molar-refractivity contribution >= 4 is 5.97 Å². The summed E-state index contributed by atoms with van der Waals surface area (Å²) in [4.78, 5) is 10.9. The predicted octanol–water partition coefficient (Wildman–Crippen LogP) is 2.45. The molecular weight excluding hydrogens is 192 g/mol. The summed E-state index contributed by atoms with van der Waals surface area (Å²) < 4.78 is 5.21. The van der Waals surface area contributed by atoms with Crippen molar-refractivity contribution in [1.82, 2.24) is 0 Å². The number of benzene rings is 1. The van der Waals surface area contributed by atoms with Crippen LogP contribution in [-0.2, 0) is 11.2 Å². The van der Waals surface area contributed by atoms with E-state index in [2.05, 4.69) is 0 Å². The number of aliphatic carboxylic acids is 1. The van der Waals surface area contributed by atoms with Crippen LogP contribution in [0, 0.1) is 0 Å². The maximum Gasteiger partial charge on any atom is 0.310 e. The van der Waals surface area contributed by atoms with Gasteiger partial charge in [-0.2, -0.15) is 0 Å². The van der Waals surface area contributed by atoms with E-state index in [0.717, 1.165) is 23.3 Å². The largest absolute Gasteiger partial charge is 0.496 e. The molecule has 0 amide bonds. The summed E-state index contributed by atoms with van der Waals surface area (Å²) in [5.41, 5.74) is 1.82. The molecule has 15 heavy (non-hydrogen) atoms. The molecule has 1 aromatic rings. The minimum absolute atomic E-state index is 0.491. The smallest absolute Gasteiger partial charge is 0.310 e. The Kier molecular flexibility index (Phi) is 3.72. The van der Waals surface area contributed by atoms with E-state index in [4.69, 9.17) is 9.84 Å². The molecule has 1 N–H and O–H groups in total. The molecule has 0 bridgehead atoms. The fraction of sp³-hybridized carbons (Fsp3) is 0.417. The first-order valence-electron chi connectivity index (χ1n) is 5.00. The Morgan fingerprint density at radius 1 is 1.53 bits per heavy atom. The van der Waals surface area contributed by atoms with Crippen molar-refractivity contribution in [1.29, 1.82) is 0 Å². The minimum Gasteiger partial charge on any atom is -0.496 e. The van der Waals surface area contributed by atoms with Crippen LogP contribution in [0.5, 0.6) is 5.75 Å².